The van der Waals surface area contributed by atoms with E-state index in [1.165, 1.54) is 25.0 Å². The zero-order valence-corrected chi connectivity index (χ0v) is 19.0. The number of nitrogens with zero attached hydrogens (tertiary/aromatic N) is 6. The first-order valence-electron chi connectivity index (χ1n) is 11.5. The van der Waals surface area contributed by atoms with Crippen molar-refractivity contribution in [2.75, 3.05) is 24.6 Å². The topological polar surface area (TPSA) is 69.0 Å². The second-order valence-electron chi connectivity index (χ2n) is 9.01. The van der Waals surface area contributed by atoms with Crippen LogP contribution in [0.2, 0.25) is 0 Å². The number of hydrogen-bond acceptors (Lipinski definition) is 6. The monoisotopic (exact) mass is 462 g/mol. The van der Waals surface area contributed by atoms with Crippen molar-refractivity contribution in [2.45, 2.75) is 38.8 Å². The minimum absolute atomic E-state index is 0.143. The van der Waals surface area contributed by atoms with E-state index >= 15 is 0 Å². The molecule has 1 saturated heterocycles. The van der Waals surface area contributed by atoms with E-state index < -0.39 is 11.6 Å². The second kappa shape index (κ2) is 8.09. The number of pyridine rings is 1. The molecule has 9 heteroatoms. The smallest absolute Gasteiger partial charge is 0.135 e. The first-order valence-corrected chi connectivity index (χ1v) is 11.5. The minimum Gasteiger partial charge on any atom is -0.370 e. The number of halogens is 2. The molecular weight excluding hydrogens is 438 g/mol. The van der Waals surface area contributed by atoms with E-state index in [4.69, 9.17) is 14.7 Å². The van der Waals surface area contributed by atoms with Crippen molar-refractivity contribution in [3.63, 3.8) is 0 Å². The van der Waals surface area contributed by atoms with Crippen LogP contribution < -0.4 is 4.90 Å². The molecule has 0 bridgehead atoms. The van der Waals surface area contributed by atoms with Crippen LogP contribution in [0.5, 0.6) is 0 Å². The Morgan fingerprint density at radius 1 is 1.03 bits per heavy atom. The summed E-state index contributed by atoms with van der Waals surface area (Å²) < 4.78 is 36.5. The first-order chi connectivity index (χ1) is 16.5. The maximum atomic E-state index is 14.8. The highest BCUT2D eigenvalue weighted by Crippen LogP contribution is 2.36. The number of aryl methyl sites for hydroxylation is 2. The SMILES string of the molecule is Cc1nc2cc(N3CCO[C@@H](c4cnn(C5CC5)c4)C3)nc(-c3ccc(F)cc3F)c2nc1C. The van der Waals surface area contributed by atoms with Crippen LogP contribution in [0.1, 0.15) is 41.9 Å². The predicted octanol–water partition coefficient (Wildman–Crippen LogP) is 4.70. The molecule has 1 atom stereocenters. The quantitative estimate of drug-likeness (QED) is 0.438. The van der Waals surface area contributed by atoms with Gasteiger partial charge in [0, 0.05) is 42.5 Å². The third-order valence-corrected chi connectivity index (χ3v) is 6.54. The maximum Gasteiger partial charge on any atom is 0.135 e. The molecule has 0 N–H and O–H groups in total. The molecule has 0 spiro atoms. The normalized spacial score (nSPS) is 18.6. The molecule has 1 aliphatic heterocycles. The van der Waals surface area contributed by atoms with Gasteiger partial charge in [-0.25, -0.2) is 23.7 Å². The van der Waals surface area contributed by atoms with Crippen LogP contribution in [0.25, 0.3) is 22.3 Å². The molecule has 1 aromatic carbocycles. The van der Waals surface area contributed by atoms with E-state index in [-0.39, 0.29) is 11.7 Å². The minimum atomic E-state index is -0.682. The molecular formula is C25H24F2N6O. The lowest BCUT2D eigenvalue weighted by Crippen LogP contribution is -2.38. The molecule has 3 aromatic heterocycles. The van der Waals surface area contributed by atoms with Crippen LogP contribution in [0.15, 0.2) is 36.7 Å². The van der Waals surface area contributed by atoms with Gasteiger partial charge in [0.15, 0.2) is 0 Å². The summed E-state index contributed by atoms with van der Waals surface area (Å²) in [6.45, 7) is 5.49. The third-order valence-electron chi connectivity index (χ3n) is 6.54. The van der Waals surface area contributed by atoms with Crippen LogP contribution in [0.3, 0.4) is 0 Å². The van der Waals surface area contributed by atoms with E-state index in [9.17, 15) is 8.78 Å². The number of morpholine rings is 1. The van der Waals surface area contributed by atoms with Crippen molar-refractivity contribution >= 4 is 16.9 Å². The summed E-state index contributed by atoms with van der Waals surface area (Å²) in [5, 5.41) is 4.49. The first kappa shape index (κ1) is 21.1. The van der Waals surface area contributed by atoms with Crippen LogP contribution in [-0.4, -0.2) is 44.4 Å². The van der Waals surface area contributed by atoms with E-state index in [0.717, 1.165) is 23.0 Å². The molecule has 1 aliphatic carbocycles. The Kier molecular flexibility index (Phi) is 5.02. The summed E-state index contributed by atoms with van der Waals surface area (Å²) in [6.07, 6.45) is 6.13. The van der Waals surface area contributed by atoms with E-state index in [1.54, 1.807) is 0 Å². The van der Waals surface area contributed by atoms with Crippen molar-refractivity contribution in [1.29, 1.82) is 0 Å². The van der Waals surface area contributed by atoms with Crippen LogP contribution in [0, 0.1) is 25.5 Å². The van der Waals surface area contributed by atoms with Gasteiger partial charge in [0.1, 0.15) is 34.8 Å². The lowest BCUT2D eigenvalue weighted by atomic mass is 10.1. The number of aromatic nitrogens is 5. The number of anilines is 1. The highest BCUT2D eigenvalue weighted by Gasteiger charge is 2.29. The van der Waals surface area contributed by atoms with Gasteiger partial charge >= 0.3 is 0 Å². The number of ether oxygens (including phenoxy) is 1. The average molecular weight is 463 g/mol. The third kappa shape index (κ3) is 3.79. The van der Waals surface area contributed by atoms with Crippen molar-refractivity contribution in [3.8, 4) is 11.3 Å². The molecule has 2 aliphatic rings. The molecule has 1 saturated carbocycles. The van der Waals surface area contributed by atoms with Crippen molar-refractivity contribution in [2.24, 2.45) is 0 Å². The average Bonchev–Trinajstić information content (AvgIpc) is 3.56. The van der Waals surface area contributed by atoms with Gasteiger partial charge in [0.05, 0.1) is 35.8 Å². The summed E-state index contributed by atoms with van der Waals surface area (Å²) in [7, 11) is 0. The van der Waals surface area contributed by atoms with Crippen molar-refractivity contribution in [1.82, 2.24) is 24.7 Å². The molecule has 7 nitrogen and oxygen atoms in total. The van der Waals surface area contributed by atoms with Gasteiger partial charge in [-0.05, 0) is 38.8 Å². The number of benzene rings is 1. The van der Waals surface area contributed by atoms with Gasteiger partial charge in [-0.15, -0.1) is 0 Å². The van der Waals surface area contributed by atoms with Gasteiger partial charge < -0.3 is 9.64 Å². The summed E-state index contributed by atoms with van der Waals surface area (Å²) >= 11 is 0. The maximum absolute atomic E-state index is 14.8. The fourth-order valence-electron chi connectivity index (χ4n) is 4.37. The van der Waals surface area contributed by atoms with Crippen LogP contribution in [-0.2, 0) is 4.74 Å². The zero-order chi connectivity index (χ0) is 23.4. The Morgan fingerprint density at radius 2 is 1.85 bits per heavy atom. The largest absolute Gasteiger partial charge is 0.370 e. The fourth-order valence-corrected chi connectivity index (χ4v) is 4.37. The molecule has 4 aromatic rings. The standard InChI is InChI=1S/C25H24F2N6O/c1-14-15(2)30-25-21(29-14)10-23(31-24(25)19-6-3-17(26)9-20(19)27)32-7-8-34-22(13-32)16-11-28-33(12-16)18-4-5-18/h3,6,9-12,18,22H,4-5,7-8,13H2,1-2H3/t22-/m1/s1. The molecule has 174 valence electrons. The number of fused-ring (bicyclic) bond motifs is 1. The molecule has 0 unspecified atom stereocenters. The Balaban J connectivity index is 1.41. The lowest BCUT2D eigenvalue weighted by molar-refractivity contribution is 0.0395. The summed E-state index contributed by atoms with van der Waals surface area (Å²) in [6, 6.07) is 5.90. The van der Waals surface area contributed by atoms with E-state index in [2.05, 4.69) is 21.2 Å². The van der Waals surface area contributed by atoms with Gasteiger partial charge in [-0.3, -0.25) is 4.68 Å². The fraction of sp³-hybridized carbons (Fsp3) is 0.360. The van der Waals surface area contributed by atoms with Gasteiger partial charge in [-0.2, -0.15) is 5.10 Å². The Hall–Kier alpha value is -3.46. The van der Waals surface area contributed by atoms with Gasteiger partial charge in [-0.1, -0.05) is 0 Å². The van der Waals surface area contributed by atoms with Crippen molar-refractivity contribution < 1.29 is 13.5 Å². The molecule has 4 heterocycles. The number of rotatable bonds is 4. The summed E-state index contributed by atoms with van der Waals surface area (Å²) in [5.41, 5.74) is 4.23. The molecule has 34 heavy (non-hydrogen) atoms. The van der Waals surface area contributed by atoms with Crippen molar-refractivity contribution in [3.05, 3.63) is 65.2 Å². The zero-order valence-electron chi connectivity index (χ0n) is 19.0. The Bertz CT molecular complexity index is 1400. The van der Waals surface area contributed by atoms with Crippen LogP contribution >= 0.6 is 0 Å². The highest BCUT2D eigenvalue weighted by molar-refractivity contribution is 5.91. The van der Waals surface area contributed by atoms with Gasteiger partial charge in [0.2, 0.25) is 0 Å². The molecule has 0 radical (unpaired) electrons. The Labute approximate surface area is 195 Å². The van der Waals surface area contributed by atoms with Gasteiger partial charge in [0.25, 0.3) is 0 Å². The summed E-state index contributed by atoms with van der Waals surface area (Å²) in [4.78, 5) is 16.3. The molecule has 2 fully saturated rings. The lowest BCUT2D eigenvalue weighted by Gasteiger charge is -2.33. The highest BCUT2D eigenvalue weighted by atomic mass is 19.1. The Morgan fingerprint density at radius 3 is 2.65 bits per heavy atom. The van der Waals surface area contributed by atoms with Crippen LogP contribution in [0.4, 0.5) is 14.6 Å². The molecule has 0 amide bonds. The summed E-state index contributed by atoms with van der Waals surface area (Å²) in [5.74, 6) is -0.660. The molecule has 6 rings (SSSR count). The predicted molar refractivity (Wildman–Crippen MR) is 124 cm³/mol. The van der Waals surface area contributed by atoms with E-state index in [0.29, 0.717) is 48.3 Å². The number of hydrogen-bond donors (Lipinski definition) is 0. The van der Waals surface area contributed by atoms with E-state index in [1.807, 2.05) is 30.8 Å². The second-order valence-corrected chi connectivity index (χ2v) is 9.01.